The third-order valence-corrected chi connectivity index (χ3v) is 3.82. The van der Waals surface area contributed by atoms with Gasteiger partial charge in [-0.25, -0.2) is 0 Å². The highest BCUT2D eigenvalue weighted by Crippen LogP contribution is 2.31. The molecule has 3 nitrogen and oxygen atoms in total. The van der Waals surface area contributed by atoms with Crippen LogP contribution in [0.2, 0.25) is 0 Å². The lowest BCUT2D eigenvalue weighted by Crippen LogP contribution is -2.28. The van der Waals surface area contributed by atoms with Crippen LogP contribution in [0.5, 0.6) is 5.75 Å². The predicted molar refractivity (Wildman–Crippen MR) is 83.2 cm³/mol. The fourth-order valence-corrected chi connectivity index (χ4v) is 2.59. The van der Waals surface area contributed by atoms with Crippen molar-refractivity contribution < 1.29 is 9.84 Å². The Morgan fingerprint density at radius 2 is 1.70 bits per heavy atom. The number of benzene rings is 2. The third kappa shape index (κ3) is 2.94. The van der Waals surface area contributed by atoms with Crippen molar-refractivity contribution in [3.63, 3.8) is 0 Å². The average molecular weight is 273 g/mol. The Morgan fingerprint density at radius 3 is 2.30 bits per heavy atom. The predicted octanol–water partition coefficient (Wildman–Crippen LogP) is 3.22. The molecule has 0 aliphatic heterocycles. The number of rotatable bonds is 6. The van der Waals surface area contributed by atoms with Crippen molar-refractivity contribution in [1.82, 2.24) is 4.90 Å². The molecule has 0 spiro atoms. The Balaban J connectivity index is 2.39. The van der Waals surface area contributed by atoms with Crippen molar-refractivity contribution in [1.29, 1.82) is 0 Å². The van der Waals surface area contributed by atoms with E-state index < -0.39 is 6.10 Å². The van der Waals surface area contributed by atoms with Crippen molar-refractivity contribution in [2.45, 2.75) is 20.0 Å². The van der Waals surface area contributed by atoms with Gasteiger partial charge in [0.15, 0.2) is 0 Å². The molecule has 20 heavy (non-hydrogen) atoms. The van der Waals surface area contributed by atoms with Crippen LogP contribution in [-0.2, 0) is 0 Å². The lowest BCUT2D eigenvalue weighted by Gasteiger charge is -2.23. The molecule has 0 saturated heterocycles. The molecular weight excluding hydrogens is 250 g/mol. The molecule has 0 bridgehead atoms. The molecular formula is C17H23NO2. The topological polar surface area (TPSA) is 32.7 Å². The van der Waals surface area contributed by atoms with Crippen molar-refractivity contribution in [3.8, 4) is 5.75 Å². The first-order valence-electron chi connectivity index (χ1n) is 7.17. The second kappa shape index (κ2) is 6.73. The fourth-order valence-electron chi connectivity index (χ4n) is 2.59. The van der Waals surface area contributed by atoms with Gasteiger partial charge in [0.2, 0.25) is 0 Å². The van der Waals surface area contributed by atoms with Crippen LogP contribution >= 0.6 is 0 Å². The SMILES string of the molecule is CCN(CC)CC(O)c1ccc(OC)c2ccccc12. The molecule has 0 aromatic heterocycles. The van der Waals surface area contributed by atoms with Crippen LogP contribution in [0.25, 0.3) is 10.8 Å². The van der Waals surface area contributed by atoms with Gasteiger partial charge in [-0.3, -0.25) is 0 Å². The first kappa shape index (κ1) is 14.8. The molecule has 0 fully saturated rings. The number of aliphatic hydroxyl groups is 1. The lowest BCUT2D eigenvalue weighted by atomic mass is 9.99. The van der Waals surface area contributed by atoms with E-state index in [1.54, 1.807) is 7.11 Å². The highest BCUT2D eigenvalue weighted by molar-refractivity contribution is 5.91. The smallest absolute Gasteiger partial charge is 0.126 e. The van der Waals surface area contributed by atoms with Crippen LogP contribution in [0.15, 0.2) is 36.4 Å². The summed E-state index contributed by atoms with van der Waals surface area (Å²) in [5.74, 6) is 0.847. The minimum absolute atomic E-state index is 0.481. The molecule has 2 rings (SSSR count). The van der Waals surface area contributed by atoms with Gasteiger partial charge in [-0.2, -0.15) is 0 Å². The van der Waals surface area contributed by atoms with Crippen molar-refractivity contribution >= 4 is 10.8 Å². The maximum absolute atomic E-state index is 10.5. The fraction of sp³-hybridized carbons (Fsp3) is 0.412. The second-order valence-corrected chi connectivity index (χ2v) is 4.90. The highest BCUT2D eigenvalue weighted by Gasteiger charge is 2.15. The van der Waals surface area contributed by atoms with Crippen LogP contribution in [0.3, 0.4) is 0 Å². The van der Waals surface area contributed by atoms with Gasteiger partial charge in [-0.15, -0.1) is 0 Å². The lowest BCUT2D eigenvalue weighted by molar-refractivity contribution is 0.120. The molecule has 1 unspecified atom stereocenters. The molecule has 0 aliphatic rings. The van der Waals surface area contributed by atoms with E-state index in [0.717, 1.165) is 35.2 Å². The minimum Gasteiger partial charge on any atom is -0.496 e. The van der Waals surface area contributed by atoms with Gasteiger partial charge in [0.05, 0.1) is 13.2 Å². The van der Waals surface area contributed by atoms with Gasteiger partial charge in [-0.1, -0.05) is 44.2 Å². The van der Waals surface area contributed by atoms with E-state index in [4.69, 9.17) is 4.74 Å². The maximum Gasteiger partial charge on any atom is 0.126 e. The quantitative estimate of drug-likeness (QED) is 0.877. The highest BCUT2D eigenvalue weighted by atomic mass is 16.5. The molecule has 0 aliphatic carbocycles. The number of likely N-dealkylation sites (N-methyl/N-ethyl adjacent to an activating group) is 1. The van der Waals surface area contributed by atoms with Crippen LogP contribution in [-0.4, -0.2) is 36.8 Å². The summed E-state index contributed by atoms with van der Waals surface area (Å²) in [5, 5.41) is 12.6. The van der Waals surface area contributed by atoms with Crippen molar-refractivity contribution in [2.24, 2.45) is 0 Å². The summed E-state index contributed by atoms with van der Waals surface area (Å²) in [6.07, 6.45) is -0.481. The van der Waals surface area contributed by atoms with E-state index in [1.807, 2.05) is 36.4 Å². The van der Waals surface area contributed by atoms with Crippen molar-refractivity contribution in [2.75, 3.05) is 26.7 Å². The molecule has 0 heterocycles. The molecule has 3 heteroatoms. The van der Waals surface area contributed by atoms with Gasteiger partial charge in [-0.05, 0) is 30.1 Å². The van der Waals surface area contributed by atoms with E-state index in [-0.39, 0.29) is 0 Å². The van der Waals surface area contributed by atoms with Crippen LogP contribution in [0, 0.1) is 0 Å². The third-order valence-electron chi connectivity index (χ3n) is 3.82. The molecule has 2 aromatic rings. The van der Waals surface area contributed by atoms with Gasteiger partial charge in [0.25, 0.3) is 0 Å². The van der Waals surface area contributed by atoms with E-state index in [0.29, 0.717) is 6.54 Å². The Morgan fingerprint density at radius 1 is 1.05 bits per heavy atom. The molecule has 0 radical (unpaired) electrons. The van der Waals surface area contributed by atoms with E-state index in [9.17, 15) is 5.11 Å². The molecule has 0 saturated carbocycles. The normalized spacial score (nSPS) is 12.8. The molecule has 2 aromatic carbocycles. The monoisotopic (exact) mass is 273 g/mol. The molecule has 1 N–H and O–H groups in total. The van der Waals surface area contributed by atoms with Gasteiger partial charge in [0, 0.05) is 11.9 Å². The minimum atomic E-state index is -0.481. The van der Waals surface area contributed by atoms with E-state index in [1.165, 1.54) is 0 Å². The second-order valence-electron chi connectivity index (χ2n) is 4.90. The Hall–Kier alpha value is -1.58. The number of fused-ring (bicyclic) bond motifs is 1. The summed E-state index contributed by atoms with van der Waals surface area (Å²) < 4.78 is 5.39. The van der Waals surface area contributed by atoms with Gasteiger partial charge in [0.1, 0.15) is 5.75 Å². The first-order valence-corrected chi connectivity index (χ1v) is 7.17. The Labute approximate surface area is 120 Å². The number of nitrogens with zero attached hydrogens (tertiary/aromatic N) is 1. The Kier molecular flexibility index (Phi) is 4.99. The van der Waals surface area contributed by atoms with Crippen molar-refractivity contribution in [3.05, 3.63) is 42.0 Å². The van der Waals surface area contributed by atoms with Crippen LogP contribution in [0.4, 0.5) is 0 Å². The summed E-state index contributed by atoms with van der Waals surface area (Å²) in [7, 11) is 1.67. The standard InChI is InChI=1S/C17H23NO2/c1-4-18(5-2)12-16(19)14-10-11-17(20-3)15-9-7-6-8-13(14)15/h6-11,16,19H,4-5,12H2,1-3H3. The van der Waals surface area contributed by atoms with E-state index in [2.05, 4.69) is 18.7 Å². The molecule has 1 atom stereocenters. The summed E-state index contributed by atoms with van der Waals surface area (Å²) in [6.45, 7) is 6.78. The van der Waals surface area contributed by atoms with E-state index >= 15 is 0 Å². The largest absolute Gasteiger partial charge is 0.496 e. The zero-order valence-electron chi connectivity index (χ0n) is 12.5. The Bertz CT molecular complexity index is 564. The summed E-state index contributed by atoms with van der Waals surface area (Å²) in [5.41, 5.74) is 0.966. The van der Waals surface area contributed by atoms with Gasteiger partial charge < -0.3 is 14.7 Å². The summed E-state index contributed by atoms with van der Waals surface area (Å²) in [6, 6.07) is 12.0. The van der Waals surface area contributed by atoms with Crippen LogP contribution in [0.1, 0.15) is 25.5 Å². The summed E-state index contributed by atoms with van der Waals surface area (Å²) in [4.78, 5) is 2.23. The van der Waals surface area contributed by atoms with Crippen LogP contribution < -0.4 is 4.74 Å². The number of hydrogen-bond acceptors (Lipinski definition) is 3. The zero-order valence-corrected chi connectivity index (χ0v) is 12.5. The maximum atomic E-state index is 10.5. The average Bonchev–Trinajstić information content (AvgIpc) is 2.51. The zero-order chi connectivity index (χ0) is 14.5. The summed E-state index contributed by atoms with van der Waals surface area (Å²) >= 11 is 0. The first-order chi connectivity index (χ1) is 9.71. The molecule has 0 amide bonds. The number of aliphatic hydroxyl groups excluding tert-OH is 1. The van der Waals surface area contributed by atoms with Gasteiger partial charge >= 0.3 is 0 Å². The molecule has 108 valence electrons. The number of methoxy groups -OCH3 is 1. The number of hydrogen-bond donors (Lipinski definition) is 1. The number of ether oxygens (including phenoxy) is 1.